The zero-order valence-electron chi connectivity index (χ0n) is 10.9. The van der Waals surface area contributed by atoms with E-state index in [1.54, 1.807) is 6.08 Å². The summed E-state index contributed by atoms with van der Waals surface area (Å²) in [4.78, 5) is 0. The molecule has 0 spiro atoms. The van der Waals surface area contributed by atoms with Crippen LogP contribution in [0.1, 0.15) is 5.56 Å². The summed E-state index contributed by atoms with van der Waals surface area (Å²) in [5, 5.41) is 2.27. The SMILES string of the molecule is C=C/C=C(\C(=C)Br)c1ccc2c(c1)oc1ccccc12. The summed E-state index contributed by atoms with van der Waals surface area (Å²) in [7, 11) is 0. The molecule has 1 heterocycles. The van der Waals surface area contributed by atoms with Crippen molar-refractivity contribution in [3.63, 3.8) is 0 Å². The van der Waals surface area contributed by atoms with E-state index in [1.807, 2.05) is 30.3 Å². The Morgan fingerprint density at radius 1 is 1.05 bits per heavy atom. The van der Waals surface area contributed by atoms with Gasteiger partial charge < -0.3 is 4.42 Å². The number of hydrogen-bond donors (Lipinski definition) is 0. The molecule has 1 aromatic heterocycles. The number of benzene rings is 2. The molecule has 0 amide bonds. The molecule has 1 nitrogen and oxygen atoms in total. The number of furan rings is 1. The molecular weight excluding hydrogens is 312 g/mol. The van der Waals surface area contributed by atoms with Crippen molar-refractivity contribution in [2.75, 3.05) is 0 Å². The van der Waals surface area contributed by atoms with Gasteiger partial charge in [-0.05, 0) is 29.3 Å². The number of rotatable bonds is 3. The second-order valence-corrected chi connectivity index (χ2v) is 5.49. The molecule has 0 bridgehead atoms. The highest BCUT2D eigenvalue weighted by Gasteiger charge is 2.09. The number of allylic oxidation sites excluding steroid dienone is 4. The summed E-state index contributed by atoms with van der Waals surface area (Å²) in [6.07, 6.45) is 3.69. The molecule has 20 heavy (non-hydrogen) atoms. The molecule has 0 saturated heterocycles. The monoisotopic (exact) mass is 324 g/mol. The number of halogens is 1. The van der Waals surface area contributed by atoms with Crippen molar-refractivity contribution in [3.8, 4) is 0 Å². The van der Waals surface area contributed by atoms with Crippen LogP contribution >= 0.6 is 15.9 Å². The Labute approximate surface area is 126 Å². The third-order valence-electron chi connectivity index (χ3n) is 3.27. The van der Waals surface area contributed by atoms with Gasteiger partial charge in [-0.15, -0.1) is 0 Å². The summed E-state index contributed by atoms with van der Waals surface area (Å²) >= 11 is 3.44. The number of fused-ring (bicyclic) bond motifs is 3. The van der Waals surface area contributed by atoms with Crippen LogP contribution in [0.4, 0.5) is 0 Å². The summed E-state index contributed by atoms with van der Waals surface area (Å²) in [5.74, 6) is 0. The molecule has 0 aliphatic rings. The molecule has 0 N–H and O–H groups in total. The van der Waals surface area contributed by atoms with Crippen LogP contribution in [-0.4, -0.2) is 0 Å². The Bertz CT molecular complexity index is 852. The van der Waals surface area contributed by atoms with Gasteiger partial charge >= 0.3 is 0 Å². The Balaban J connectivity index is 2.25. The van der Waals surface area contributed by atoms with Gasteiger partial charge in [-0.3, -0.25) is 0 Å². The average Bonchev–Trinajstić information content (AvgIpc) is 2.81. The van der Waals surface area contributed by atoms with E-state index in [4.69, 9.17) is 4.42 Å². The van der Waals surface area contributed by atoms with Crippen molar-refractivity contribution >= 4 is 43.4 Å². The maximum Gasteiger partial charge on any atom is 0.136 e. The first-order valence-electron chi connectivity index (χ1n) is 6.30. The van der Waals surface area contributed by atoms with E-state index in [9.17, 15) is 0 Å². The van der Waals surface area contributed by atoms with Crippen molar-refractivity contribution in [3.05, 3.63) is 77.8 Å². The first-order chi connectivity index (χ1) is 9.70. The fourth-order valence-electron chi connectivity index (χ4n) is 2.35. The van der Waals surface area contributed by atoms with E-state index in [1.165, 1.54) is 0 Å². The molecular formula is C18H13BrO. The quantitative estimate of drug-likeness (QED) is 0.533. The topological polar surface area (TPSA) is 13.1 Å². The highest BCUT2D eigenvalue weighted by Crippen LogP contribution is 2.33. The van der Waals surface area contributed by atoms with E-state index in [0.717, 1.165) is 37.6 Å². The van der Waals surface area contributed by atoms with Crippen LogP contribution in [0.3, 0.4) is 0 Å². The predicted molar refractivity (Wildman–Crippen MR) is 90.0 cm³/mol. The molecule has 0 aliphatic heterocycles. The van der Waals surface area contributed by atoms with Crippen LogP contribution in [0, 0.1) is 0 Å². The molecule has 0 aliphatic carbocycles. The molecule has 2 heteroatoms. The third-order valence-corrected chi connectivity index (χ3v) is 3.69. The second-order valence-electron chi connectivity index (χ2n) is 4.53. The molecule has 0 radical (unpaired) electrons. The second kappa shape index (κ2) is 5.14. The minimum atomic E-state index is 0.827. The molecule has 0 atom stereocenters. The van der Waals surface area contributed by atoms with E-state index in [-0.39, 0.29) is 0 Å². The van der Waals surface area contributed by atoms with Crippen LogP contribution < -0.4 is 0 Å². The van der Waals surface area contributed by atoms with Gasteiger partial charge in [-0.25, -0.2) is 0 Å². The third kappa shape index (κ3) is 2.12. The average molecular weight is 325 g/mol. The van der Waals surface area contributed by atoms with E-state index >= 15 is 0 Å². The molecule has 3 aromatic rings. The maximum atomic E-state index is 5.90. The normalized spacial score (nSPS) is 11.9. The highest BCUT2D eigenvalue weighted by atomic mass is 79.9. The van der Waals surface area contributed by atoms with Crippen molar-refractivity contribution in [1.29, 1.82) is 0 Å². The molecule has 0 unspecified atom stereocenters. The molecule has 0 fully saturated rings. The Kier molecular flexibility index (Phi) is 3.33. The Morgan fingerprint density at radius 3 is 2.55 bits per heavy atom. The van der Waals surface area contributed by atoms with Gasteiger partial charge in [0.1, 0.15) is 11.2 Å². The van der Waals surface area contributed by atoms with Crippen LogP contribution in [0.15, 0.2) is 76.7 Å². The van der Waals surface area contributed by atoms with Crippen molar-refractivity contribution in [2.24, 2.45) is 0 Å². The lowest BCUT2D eigenvalue weighted by Crippen LogP contribution is -1.83. The van der Waals surface area contributed by atoms with Crippen molar-refractivity contribution in [2.45, 2.75) is 0 Å². The van der Waals surface area contributed by atoms with E-state index < -0.39 is 0 Å². The van der Waals surface area contributed by atoms with Crippen molar-refractivity contribution < 1.29 is 4.42 Å². The first-order valence-corrected chi connectivity index (χ1v) is 7.09. The van der Waals surface area contributed by atoms with Gasteiger partial charge in [-0.2, -0.15) is 0 Å². The number of para-hydroxylation sites is 1. The fourth-order valence-corrected chi connectivity index (χ4v) is 2.72. The Morgan fingerprint density at radius 2 is 1.80 bits per heavy atom. The first kappa shape index (κ1) is 12.9. The molecule has 0 saturated carbocycles. The minimum absolute atomic E-state index is 0.827. The van der Waals surface area contributed by atoms with Gasteiger partial charge in [0.25, 0.3) is 0 Å². The largest absolute Gasteiger partial charge is 0.456 e. The smallest absolute Gasteiger partial charge is 0.136 e. The van der Waals surface area contributed by atoms with Crippen LogP contribution in [-0.2, 0) is 0 Å². The van der Waals surface area contributed by atoms with Crippen LogP contribution in [0.5, 0.6) is 0 Å². The Hall–Kier alpha value is -2.06. The van der Waals surface area contributed by atoms with E-state index in [0.29, 0.717) is 0 Å². The summed E-state index contributed by atoms with van der Waals surface area (Å²) in [6, 6.07) is 14.3. The zero-order valence-corrected chi connectivity index (χ0v) is 12.5. The van der Waals surface area contributed by atoms with Crippen LogP contribution in [0.25, 0.3) is 27.5 Å². The van der Waals surface area contributed by atoms with Gasteiger partial charge in [0.05, 0.1) is 0 Å². The lowest BCUT2D eigenvalue weighted by atomic mass is 10.0. The molecule has 2 aromatic carbocycles. The summed E-state index contributed by atoms with van der Waals surface area (Å²) < 4.78 is 6.73. The molecule has 98 valence electrons. The lowest BCUT2D eigenvalue weighted by molar-refractivity contribution is 0.669. The standard InChI is InChI=1S/C18H13BrO/c1-3-6-14(12(2)19)13-9-10-16-15-7-4-5-8-17(15)20-18(16)11-13/h3-11H,1-2H2/b14-6+. The maximum absolute atomic E-state index is 5.90. The number of hydrogen-bond acceptors (Lipinski definition) is 1. The summed E-state index contributed by atoms with van der Waals surface area (Å²) in [6.45, 7) is 7.69. The fraction of sp³-hybridized carbons (Fsp3) is 0. The van der Waals surface area contributed by atoms with Crippen LogP contribution in [0.2, 0.25) is 0 Å². The molecule has 3 rings (SSSR count). The minimum Gasteiger partial charge on any atom is -0.456 e. The van der Waals surface area contributed by atoms with E-state index in [2.05, 4.69) is 47.3 Å². The highest BCUT2D eigenvalue weighted by molar-refractivity contribution is 9.12. The van der Waals surface area contributed by atoms with Gasteiger partial charge in [0.15, 0.2) is 0 Å². The van der Waals surface area contributed by atoms with Gasteiger partial charge in [0, 0.05) is 15.3 Å². The predicted octanol–water partition coefficient (Wildman–Crippen LogP) is 6.06. The summed E-state index contributed by atoms with van der Waals surface area (Å²) in [5.41, 5.74) is 3.85. The zero-order chi connectivity index (χ0) is 14.1. The lowest BCUT2D eigenvalue weighted by Gasteiger charge is -2.05. The van der Waals surface area contributed by atoms with Crippen molar-refractivity contribution in [1.82, 2.24) is 0 Å². The van der Waals surface area contributed by atoms with Gasteiger partial charge in [-0.1, -0.05) is 65.5 Å². The van der Waals surface area contributed by atoms with Gasteiger partial charge in [0.2, 0.25) is 0 Å².